The van der Waals surface area contributed by atoms with Gasteiger partial charge in [-0.1, -0.05) is 30.3 Å². The van der Waals surface area contributed by atoms with Crippen molar-refractivity contribution >= 4 is 11.2 Å². The van der Waals surface area contributed by atoms with Gasteiger partial charge in [0.1, 0.15) is 5.69 Å². The van der Waals surface area contributed by atoms with Crippen LogP contribution in [0.25, 0.3) is 22.7 Å². The molecule has 0 saturated heterocycles. The number of aromatic nitrogens is 5. The van der Waals surface area contributed by atoms with Gasteiger partial charge in [0.25, 0.3) is 0 Å². The third-order valence-corrected chi connectivity index (χ3v) is 3.78. The van der Waals surface area contributed by atoms with Crippen molar-refractivity contribution in [2.45, 2.75) is 6.54 Å². The molecule has 0 spiro atoms. The molecule has 4 aromatic rings. The van der Waals surface area contributed by atoms with Gasteiger partial charge in [-0.3, -0.25) is 4.68 Å². The van der Waals surface area contributed by atoms with E-state index in [2.05, 4.69) is 31.8 Å². The lowest BCUT2D eigenvalue weighted by atomic mass is 10.2. The summed E-state index contributed by atoms with van der Waals surface area (Å²) in [7, 11) is 2.01. The van der Waals surface area contributed by atoms with Gasteiger partial charge in [0, 0.05) is 19.4 Å². The molecule has 0 aliphatic rings. The second kappa shape index (κ2) is 5.11. The molecule has 3 heterocycles. The lowest BCUT2D eigenvalue weighted by Gasteiger charge is -2.07. The number of pyridine rings is 1. The third-order valence-electron chi connectivity index (χ3n) is 3.78. The summed E-state index contributed by atoms with van der Waals surface area (Å²) in [6.07, 6.45) is 3.57. The lowest BCUT2D eigenvalue weighted by Crippen LogP contribution is -2.06. The maximum Gasteiger partial charge on any atom is 0.178 e. The number of nitrogens with zero attached hydrogens (tertiary/aromatic N) is 5. The van der Waals surface area contributed by atoms with Crippen molar-refractivity contribution in [1.29, 1.82) is 0 Å². The van der Waals surface area contributed by atoms with E-state index in [0.29, 0.717) is 0 Å². The Morgan fingerprint density at radius 3 is 2.64 bits per heavy atom. The number of rotatable bonds is 3. The second-order valence-corrected chi connectivity index (χ2v) is 5.20. The normalized spacial score (nSPS) is 11.1. The molecule has 0 N–H and O–H groups in total. The van der Waals surface area contributed by atoms with Gasteiger partial charge < -0.3 is 4.57 Å². The summed E-state index contributed by atoms with van der Waals surface area (Å²) in [6, 6.07) is 16.2. The van der Waals surface area contributed by atoms with E-state index in [1.165, 1.54) is 5.56 Å². The molecule has 0 radical (unpaired) electrons. The molecule has 0 amide bonds. The maximum atomic E-state index is 4.65. The number of hydrogen-bond donors (Lipinski definition) is 0. The minimum absolute atomic E-state index is 0.722. The van der Waals surface area contributed by atoms with E-state index in [-0.39, 0.29) is 0 Å². The van der Waals surface area contributed by atoms with Crippen LogP contribution in [0.1, 0.15) is 5.56 Å². The van der Waals surface area contributed by atoms with Gasteiger partial charge >= 0.3 is 0 Å². The molecule has 22 heavy (non-hydrogen) atoms. The number of aryl methyl sites for hydroxylation is 1. The topological polar surface area (TPSA) is 48.5 Å². The van der Waals surface area contributed by atoms with E-state index in [4.69, 9.17) is 0 Å². The van der Waals surface area contributed by atoms with Crippen LogP contribution >= 0.6 is 0 Å². The van der Waals surface area contributed by atoms with E-state index in [1.807, 2.05) is 54.3 Å². The Morgan fingerprint density at radius 2 is 1.82 bits per heavy atom. The number of imidazole rings is 1. The molecule has 0 fully saturated rings. The van der Waals surface area contributed by atoms with Crippen molar-refractivity contribution in [3.8, 4) is 11.5 Å². The molecule has 0 saturated carbocycles. The summed E-state index contributed by atoms with van der Waals surface area (Å²) < 4.78 is 4.03. The zero-order valence-electron chi connectivity index (χ0n) is 12.2. The van der Waals surface area contributed by atoms with Crippen LogP contribution in [0.5, 0.6) is 0 Å². The van der Waals surface area contributed by atoms with Gasteiger partial charge in [0.2, 0.25) is 0 Å². The first-order valence-electron chi connectivity index (χ1n) is 7.16. The Hall–Kier alpha value is -2.95. The highest BCUT2D eigenvalue weighted by Crippen LogP contribution is 2.22. The molecule has 0 unspecified atom stereocenters. The van der Waals surface area contributed by atoms with Crippen molar-refractivity contribution in [1.82, 2.24) is 24.3 Å². The average Bonchev–Trinajstić information content (AvgIpc) is 3.13. The van der Waals surface area contributed by atoms with Crippen molar-refractivity contribution in [2.24, 2.45) is 7.05 Å². The van der Waals surface area contributed by atoms with Gasteiger partial charge in [0.05, 0.1) is 12.1 Å². The van der Waals surface area contributed by atoms with Gasteiger partial charge in [-0.05, 0) is 23.8 Å². The van der Waals surface area contributed by atoms with Crippen molar-refractivity contribution in [3.05, 3.63) is 66.5 Å². The lowest BCUT2D eigenvalue weighted by molar-refractivity contribution is 0.687. The fourth-order valence-corrected chi connectivity index (χ4v) is 2.66. The molecular weight excluding hydrogens is 274 g/mol. The highest BCUT2D eigenvalue weighted by Gasteiger charge is 2.14. The molecule has 0 atom stereocenters. The first-order valence-corrected chi connectivity index (χ1v) is 7.16. The van der Waals surface area contributed by atoms with Crippen LogP contribution in [-0.2, 0) is 13.6 Å². The fraction of sp³-hybridized carbons (Fsp3) is 0.118. The monoisotopic (exact) mass is 289 g/mol. The number of hydrogen-bond acceptors (Lipinski definition) is 3. The first-order chi connectivity index (χ1) is 10.8. The molecular formula is C17H15N5. The molecule has 4 rings (SSSR count). The summed E-state index contributed by atoms with van der Waals surface area (Å²) in [5.74, 6) is 0.877. The number of benzene rings is 1. The summed E-state index contributed by atoms with van der Waals surface area (Å²) >= 11 is 0. The highest BCUT2D eigenvalue weighted by atomic mass is 15.3. The average molecular weight is 289 g/mol. The predicted octanol–water partition coefficient (Wildman–Crippen LogP) is 2.88. The van der Waals surface area contributed by atoms with Gasteiger partial charge in [-0.2, -0.15) is 5.10 Å². The van der Waals surface area contributed by atoms with Gasteiger partial charge in [-0.25, -0.2) is 9.97 Å². The van der Waals surface area contributed by atoms with Gasteiger partial charge in [-0.15, -0.1) is 0 Å². The molecule has 0 aliphatic heterocycles. The van der Waals surface area contributed by atoms with E-state index in [0.717, 1.165) is 29.2 Å². The third kappa shape index (κ3) is 2.07. The van der Waals surface area contributed by atoms with Crippen LogP contribution in [0, 0.1) is 0 Å². The summed E-state index contributed by atoms with van der Waals surface area (Å²) in [6.45, 7) is 0.722. The maximum absolute atomic E-state index is 4.65. The second-order valence-electron chi connectivity index (χ2n) is 5.20. The Balaban J connectivity index is 1.80. The predicted molar refractivity (Wildman–Crippen MR) is 85.3 cm³/mol. The quantitative estimate of drug-likeness (QED) is 0.582. The van der Waals surface area contributed by atoms with Crippen LogP contribution in [0.2, 0.25) is 0 Å². The van der Waals surface area contributed by atoms with Crippen molar-refractivity contribution in [2.75, 3.05) is 0 Å². The molecule has 0 bridgehead atoms. The van der Waals surface area contributed by atoms with Crippen LogP contribution in [0.4, 0.5) is 0 Å². The van der Waals surface area contributed by atoms with E-state index in [1.54, 1.807) is 6.20 Å². The Bertz CT molecular complexity index is 921. The van der Waals surface area contributed by atoms with Crippen LogP contribution in [-0.4, -0.2) is 24.3 Å². The Kier molecular flexibility index (Phi) is 2.96. The van der Waals surface area contributed by atoms with Crippen LogP contribution < -0.4 is 0 Å². The summed E-state index contributed by atoms with van der Waals surface area (Å²) in [4.78, 5) is 8.97. The molecule has 108 valence electrons. The first kappa shape index (κ1) is 12.8. The molecule has 0 aliphatic carbocycles. The molecule has 5 heteroatoms. The summed E-state index contributed by atoms with van der Waals surface area (Å²) in [5, 5.41) is 4.44. The van der Waals surface area contributed by atoms with E-state index >= 15 is 0 Å². The van der Waals surface area contributed by atoms with Crippen molar-refractivity contribution < 1.29 is 0 Å². The fourth-order valence-electron chi connectivity index (χ4n) is 2.66. The molecule has 3 aromatic heterocycles. The van der Waals surface area contributed by atoms with Crippen LogP contribution in [0.3, 0.4) is 0 Å². The van der Waals surface area contributed by atoms with Crippen molar-refractivity contribution in [3.63, 3.8) is 0 Å². The zero-order chi connectivity index (χ0) is 14.9. The van der Waals surface area contributed by atoms with Crippen LogP contribution in [0.15, 0.2) is 60.9 Å². The Labute approximate surface area is 127 Å². The highest BCUT2D eigenvalue weighted by molar-refractivity contribution is 5.76. The van der Waals surface area contributed by atoms with E-state index in [9.17, 15) is 0 Å². The zero-order valence-corrected chi connectivity index (χ0v) is 12.2. The smallest absolute Gasteiger partial charge is 0.178 e. The van der Waals surface area contributed by atoms with Gasteiger partial charge in [0.15, 0.2) is 11.5 Å². The molecule has 5 nitrogen and oxygen atoms in total. The minimum atomic E-state index is 0.722. The molecule has 1 aromatic carbocycles. The SMILES string of the molecule is Cn1c(-c2ccnn2Cc2ccccc2)nc2ncccc21. The minimum Gasteiger partial charge on any atom is -0.324 e. The van der Waals surface area contributed by atoms with E-state index < -0.39 is 0 Å². The standard InChI is InChI=1S/C17H15N5/c1-21-14-8-5-10-18-16(14)20-17(21)15-9-11-19-22(15)12-13-6-3-2-4-7-13/h2-11H,12H2,1H3. The number of fused-ring (bicyclic) bond motifs is 1. The summed E-state index contributed by atoms with van der Waals surface area (Å²) in [5.41, 5.74) is 3.98. The largest absolute Gasteiger partial charge is 0.324 e. The Morgan fingerprint density at radius 1 is 0.955 bits per heavy atom.